The highest BCUT2D eigenvalue weighted by molar-refractivity contribution is 5.94. The maximum absolute atomic E-state index is 12.3. The van der Waals surface area contributed by atoms with E-state index in [1.807, 2.05) is 0 Å². The Morgan fingerprint density at radius 2 is 1.96 bits per heavy atom. The lowest BCUT2D eigenvalue weighted by Crippen LogP contribution is -2.46. The zero-order valence-corrected chi connectivity index (χ0v) is 15.5. The topological polar surface area (TPSA) is 97.6 Å². The molecule has 26 heavy (non-hydrogen) atoms. The van der Waals surface area contributed by atoms with Crippen LogP contribution in [-0.2, 0) is 14.3 Å². The number of carbonyl (C=O) groups excluding carboxylic acids is 3. The molecular weight excluding hydrogens is 336 g/mol. The molecule has 0 bridgehead atoms. The third-order valence-electron chi connectivity index (χ3n) is 4.61. The van der Waals surface area contributed by atoms with Gasteiger partial charge >= 0.3 is 5.97 Å². The fourth-order valence-corrected chi connectivity index (χ4v) is 3.04. The number of amides is 2. The van der Waals surface area contributed by atoms with Gasteiger partial charge in [-0.25, -0.2) is 4.79 Å². The summed E-state index contributed by atoms with van der Waals surface area (Å²) < 4.78 is 10.1. The number of carbonyl (C=O) groups is 3. The molecule has 1 aromatic rings. The van der Waals surface area contributed by atoms with Crippen molar-refractivity contribution in [3.8, 4) is 0 Å². The molecular formula is C19H28N2O5. The van der Waals surface area contributed by atoms with Gasteiger partial charge in [-0.15, -0.1) is 0 Å². The van der Waals surface area contributed by atoms with E-state index in [-0.39, 0.29) is 24.2 Å². The fourth-order valence-electron chi connectivity index (χ4n) is 3.04. The Bertz CT molecular complexity index is 591. The van der Waals surface area contributed by atoms with E-state index in [0.29, 0.717) is 12.5 Å². The van der Waals surface area contributed by atoms with E-state index in [9.17, 15) is 14.4 Å². The molecule has 1 aromatic heterocycles. The van der Waals surface area contributed by atoms with Crippen LogP contribution in [0.15, 0.2) is 22.8 Å². The Hall–Kier alpha value is -2.31. The van der Waals surface area contributed by atoms with Crippen LogP contribution in [0.1, 0.15) is 56.5 Å². The van der Waals surface area contributed by atoms with Gasteiger partial charge in [-0.1, -0.05) is 33.1 Å². The van der Waals surface area contributed by atoms with E-state index >= 15 is 0 Å². The predicted molar refractivity (Wildman–Crippen MR) is 95.3 cm³/mol. The fraction of sp³-hybridized carbons (Fsp3) is 0.632. The minimum atomic E-state index is -0.848. The van der Waals surface area contributed by atoms with Gasteiger partial charge in [0.25, 0.3) is 11.8 Å². The van der Waals surface area contributed by atoms with Crippen molar-refractivity contribution >= 4 is 17.8 Å². The molecule has 7 heteroatoms. The highest BCUT2D eigenvalue weighted by Gasteiger charge is 2.27. The molecule has 0 aromatic carbocycles. The summed E-state index contributed by atoms with van der Waals surface area (Å²) >= 11 is 0. The van der Waals surface area contributed by atoms with Gasteiger partial charge in [0.15, 0.2) is 12.4 Å². The van der Waals surface area contributed by atoms with Gasteiger partial charge in [0.05, 0.1) is 6.26 Å². The van der Waals surface area contributed by atoms with E-state index in [4.69, 9.17) is 9.15 Å². The summed E-state index contributed by atoms with van der Waals surface area (Å²) in [7, 11) is 0. The van der Waals surface area contributed by atoms with E-state index in [1.54, 1.807) is 19.9 Å². The van der Waals surface area contributed by atoms with Crippen molar-refractivity contribution in [1.29, 1.82) is 0 Å². The van der Waals surface area contributed by atoms with Crippen molar-refractivity contribution in [2.24, 2.45) is 11.8 Å². The Morgan fingerprint density at radius 1 is 1.23 bits per heavy atom. The first kappa shape index (κ1) is 20.0. The summed E-state index contributed by atoms with van der Waals surface area (Å²) in [5.41, 5.74) is 0. The van der Waals surface area contributed by atoms with Crippen LogP contribution >= 0.6 is 0 Å². The SMILES string of the molecule is CC(C)[C@H](NC(=O)c1ccco1)C(=O)OCC(=O)NCC1CCCCC1. The lowest BCUT2D eigenvalue weighted by molar-refractivity contribution is -0.151. The average molecular weight is 364 g/mol. The van der Waals surface area contributed by atoms with Crippen LogP contribution in [0.25, 0.3) is 0 Å². The normalized spacial score (nSPS) is 16.1. The third-order valence-corrected chi connectivity index (χ3v) is 4.61. The van der Waals surface area contributed by atoms with Crippen molar-refractivity contribution in [3.05, 3.63) is 24.2 Å². The van der Waals surface area contributed by atoms with Crippen LogP contribution in [0.5, 0.6) is 0 Å². The van der Waals surface area contributed by atoms with Crippen LogP contribution < -0.4 is 10.6 Å². The minimum Gasteiger partial charge on any atom is -0.459 e. The molecule has 1 atom stereocenters. The standard InChI is InChI=1S/C19H28N2O5/c1-13(2)17(21-18(23)15-9-6-10-25-15)19(24)26-12-16(22)20-11-14-7-4-3-5-8-14/h6,9-10,13-14,17H,3-5,7-8,11-12H2,1-2H3,(H,20,22)(H,21,23)/t17-/m0/s1. The lowest BCUT2D eigenvalue weighted by Gasteiger charge is -2.22. The largest absolute Gasteiger partial charge is 0.459 e. The minimum absolute atomic E-state index is 0.119. The predicted octanol–water partition coefficient (Wildman–Crippen LogP) is 2.27. The quantitative estimate of drug-likeness (QED) is 0.690. The molecule has 1 heterocycles. The van der Waals surface area contributed by atoms with Gasteiger partial charge in [0.2, 0.25) is 0 Å². The van der Waals surface area contributed by atoms with Crippen molar-refractivity contribution < 1.29 is 23.5 Å². The number of ether oxygens (including phenoxy) is 1. The van der Waals surface area contributed by atoms with Gasteiger partial charge < -0.3 is 19.8 Å². The van der Waals surface area contributed by atoms with Gasteiger partial charge in [0, 0.05) is 6.54 Å². The van der Waals surface area contributed by atoms with Crippen LogP contribution in [0.3, 0.4) is 0 Å². The molecule has 1 aliphatic carbocycles. The molecule has 2 amide bonds. The Labute approximate surface area is 153 Å². The first-order chi connectivity index (χ1) is 12.5. The number of esters is 1. The Kier molecular flexibility index (Phi) is 7.69. The summed E-state index contributed by atoms with van der Waals surface area (Å²) in [6, 6.07) is 2.25. The molecule has 2 N–H and O–H groups in total. The maximum atomic E-state index is 12.3. The van der Waals surface area contributed by atoms with E-state index < -0.39 is 17.9 Å². The zero-order valence-electron chi connectivity index (χ0n) is 15.5. The maximum Gasteiger partial charge on any atom is 0.329 e. The van der Waals surface area contributed by atoms with Crippen LogP contribution in [0.4, 0.5) is 0 Å². The summed E-state index contributed by atoms with van der Waals surface area (Å²) in [5, 5.41) is 5.41. The van der Waals surface area contributed by atoms with E-state index in [1.165, 1.54) is 31.6 Å². The molecule has 1 fully saturated rings. The second kappa shape index (κ2) is 9.99. The first-order valence-electron chi connectivity index (χ1n) is 9.25. The highest BCUT2D eigenvalue weighted by atomic mass is 16.5. The number of hydrogen-bond donors (Lipinski definition) is 2. The smallest absolute Gasteiger partial charge is 0.329 e. The van der Waals surface area contributed by atoms with Gasteiger partial charge in [0.1, 0.15) is 6.04 Å². The Morgan fingerprint density at radius 3 is 2.58 bits per heavy atom. The molecule has 0 saturated heterocycles. The van der Waals surface area contributed by atoms with Crippen molar-refractivity contribution in [1.82, 2.24) is 10.6 Å². The molecule has 0 spiro atoms. The molecule has 0 unspecified atom stereocenters. The first-order valence-corrected chi connectivity index (χ1v) is 9.25. The molecule has 0 radical (unpaired) electrons. The van der Waals surface area contributed by atoms with Crippen molar-refractivity contribution in [2.75, 3.05) is 13.2 Å². The summed E-state index contributed by atoms with van der Waals surface area (Å²) in [6.45, 7) is 3.86. The highest BCUT2D eigenvalue weighted by Crippen LogP contribution is 2.22. The number of nitrogens with one attached hydrogen (secondary N) is 2. The summed E-state index contributed by atoms with van der Waals surface area (Å²) in [4.78, 5) is 36.2. The molecule has 7 nitrogen and oxygen atoms in total. The van der Waals surface area contributed by atoms with Crippen molar-refractivity contribution in [2.45, 2.75) is 52.0 Å². The number of rotatable bonds is 8. The van der Waals surface area contributed by atoms with Crippen molar-refractivity contribution in [3.63, 3.8) is 0 Å². The van der Waals surface area contributed by atoms with Crippen LogP contribution in [0.2, 0.25) is 0 Å². The van der Waals surface area contributed by atoms with Crippen LogP contribution in [-0.4, -0.2) is 37.0 Å². The third kappa shape index (κ3) is 6.20. The second-order valence-electron chi connectivity index (χ2n) is 7.09. The molecule has 0 aliphatic heterocycles. The monoisotopic (exact) mass is 364 g/mol. The van der Waals surface area contributed by atoms with E-state index in [0.717, 1.165) is 12.8 Å². The molecule has 1 saturated carbocycles. The Balaban J connectivity index is 1.75. The summed E-state index contributed by atoms with van der Waals surface area (Å²) in [6.07, 6.45) is 7.33. The van der Waals surface area contributed by atoms with Gasteiger partial charge in [-0.2, -0.15) is 0 Å². The zero-order chi connectivity index (χ0) is 18.9. The number of hydrogen-bond acceptors (Lipinski definition) is 5. The molecule has 2 rings (SSSR count). The molecule has 1 aliphatic rings. The van der Waals surface area contributed by atoms with Gasteiger partial charge in [-0.05, 0) is 36.8 Å². The average Bonchev–Trinajstić information content (AvgIpc) is 3.17. The lowest BCUT2D eigenvalue weighted by atomic mass is 9.89. The van der Waals surface area contributed by atoms with Crippen LogP contribution in [0, 0.1) is 11.8 Å². The summed E-state index contributed by atoms with van der Waals surface area (Å²) in [5.74, 6) is -0.997. The second-order valence-corrected chi connectivity index (χ2v) is 7.09. The van der Waals surface area contributed by atoms with Gasteiger partial charge in [-0.3, -0.25) is 9.59 Å². The molecule has 144 valence electrons. The van der Waals surface area contributed by atoms with E-state index in [2.05, 4.69) is 10.6 Å². The number of furan rings is 1.